The van der Waals surface area contributed by atoms with E-state index < -0.39 is 30.8 Å². The number of hydrogen-bond donors (Lipinski definition) is 0. The van der Waals surface area contributed by atoms with Crippen LogP contribution in [-0.4, -0.2) is 81.7 Å². The second-order valence-electron chi connectivity index (χ2n) is 9.77. The van der Waals surface area contributed by atoms with Gasteiger partial charge in [-0.25, -0.2) is 14.2 Å². The number of halogens is 1. The Bertz CT molecular complexity index is 1120. The molecule has 4 rings (SSSR count). The van der Waals surface area contributed by atoms with Crippen LogP contribution in [0.3, 0.4) is 0 Å². The van der Waals surface area contributed by atoms with Crippen molar-refractivity contribution in [3.8, 4) is 0 Å². The van der Waals surface area contributed by atoms with Crippen molar-refractivity contribution in [2.24, 2.45) is 0 Å². The van der Waals surface area contributed by atoms with Gasteiger partial charge in [-0.05, 0) is 12.5 Å². The number of fused-ring (bicyclic) bond motifs is 1. The number of alkyl halides is 1. The van der Waals surface area contributed by atoms with Gasteiger partial charge in [0.15, 0.2) is 0 Å². The number of anilines is 1. The SMILES string of the molecule is CCCC(F)OC(=O)n1cc(CN2CCN(c3cc[c]([Sn]([CH3])([CH3])[CH3])nn3)CC2)c2cccnc21. The summed E-state index contributed by atoms with van der Waals surface area (Å²) in [7, 11) is 0. The van der Waals surface area contributed by atoms with Gasteiger partial charge in [-0.15, -0.1) is 0 Å². The van der Waals surface area contributed by atoms with Crippen molar-refractivity contribution >= 4 is 45.0 Å². The van der Waals surface area contributed by atoms with Gasteiger partial charge in [-0.2, -0.15) is 0 Å². The van der Waals surface area contributed by atoms with Crippen molar-refractivity contribution in [1.29, 1.82) is 0 Å². The first-order chi connectivity index (χ1) is 16.3. The molecule has 3 aromatic heterocycles. The van der Waals surface area contributed by atoms with Crippen LogP contribution in [0.1, 0.15) is 25.3 Å². The molecule has 1 saturated heterocycles. The molecule has 0 spiro atoms. The summed E-state index contributed by atoms with van der Waals surface area (Å²) >= 11 is -2.20. The molecule has 1 unspecified atom stereocenters. The summed E-state index contributed by atoms with van der Waals surface area (Å²) in [5.41, 5.74) is 1.46. The molecule has 0 bridgehead atoms. The minimum atomic E-state index is -2.20. The van der Waals surface area contributed by atoms with Gasteiger partial charge in [0.05, 0.1) is 0 Å². The molecule has 1 aliphatic rings. The van der Waals surface area contributed by atoms with Crippen LogP contribution >= 0.6 is 0 Å². The van der Waals surface area contributed by atoms with E-state index in [-0.39, 0.29) is 6.42 Å². The molecule has 1 atom stereocenters. The van der Waals surface area contributed by atoms with E-state index in [1.165, 1.54) is 8.28 Å². The third kappa shape index (κ3) is 5.68. The van der Waals surface area contributed by atoms with Crippen LogP contribution in [-0.2, 0) is 11.3 Å². The molecular formula is C24H33FN6O2Sn. The fourth-order valence-corrected chi connectivity index (χ4v) is 6.78. The molecule has 34 heavy (non-hydrogen) atoms. The number of piperazine rings is 1. The van der Waals surface area contributed by atoms with Crippen LogP contribution in [0.5, 0.6) is 0 Å². The van der Waals surface area contributed by atoms with Crippen LogP contribution in [0, 0.1) is 0 Å². The normalized spacial score (nSPS) is 16.1. The first-order valence-electron chi connectivity index (χ1n) is 11.9. The smallest absolute Gasteiger partial charge is 0.238 e. The van der Waals surface area contributed by atoms with Crippen molar-refractivity contribution < 1.29 is 13.9 Å². The number of pyridine rings is 1. The van der Waals surface area contributed by atoms with Crippen LogP contribution in [0.15, 0.2) is 36.7 Å². The van der Waals surface area contributed by atoms with Gasteiger partial charge < -0.3 is 4.74 Å². The van der Waals surface area contributed by atoms with Crippen LogP contribution in [0.2, 0.25) is 14.8 Å². The fourth-order valence-electron chi connectivity index (χ4n) is 4.11. The average Bonchev–Trinajstić information content (AvgIpc) is 3.18. The number of ether oxygens (including phenoxy) is 1. The summed E-state index contributed by atoms with van der Waals surface area (Å²) in [6, 6.07) is 8.03. The molecule has 0 amide bonds. The van der Waals surface area contributed by atoms with Gasteiger partial charge in [0.25, 0.3) is 0 Å². The third-order valence-electron chi connectivity index (χ3n) is 6.10. The molecule has 8 nitrogen and oxygen atoms in total. The molecule has 3 aromatic rings. The Balaban J connectivity index is 1.42. The minimum Gasteiger partial charge on any atom is -0.238 e. The first-order valence-corrected chi connectivity index (χ1v) is 21.9. The van der Waals surface area contributed by atoms with E-state index in [1.807, 2.05) is 19.1 Å². The van der Waals surface area contributed by atoms with Crippen molar-refractivity contribution in [3.05, 3.63) is 42.2 Å². The van der Waals surface area contributed by atoms with Crippen molar-refractivity contribution in [3.63, 3.8) is 0 Å². The summed E-state index contributed by atoms with van der Waals surface area (Å²) < 4.78 is 21.4. The summed E-state index contributed by atoms with van der Waals surface area (Å²) in [6.07, 6.45) is 1.80. The van der Waals surface area contributed by atoms with E-state index in [2.05, 4.69) is 51.9 Å². The third-order valence-corrected chi connectivity index (χ3v) is 11.2. The first kappa shape index (κ1) is 24.8. The van der Waals surface area contributed by atoms with E-state index in [9.17, 15) is 9.18 Å². The van der Waals surface area contributed by atoms with Gasteiger partial charge in [-0.1, -0.05) is 6.92 Å². The maximum absolute atomic E-state index is 13.9. The molecule has 0 radical (unpaired) electrons. The zero-order valence-corrected chi connectivity index (χ0v) is 23.2. The molecule has 182 valence electrons. The minimum absolute atomic E-state index is 0.182. The van der Waals surface area contributed by atoms with E-state index >= 15 is 0 Å². The van der Waals surface area contributed by atoms with Gasteiger partial charge >= 0.3 is 147 Å². The Morgan fingerprint density at radius 1 is 1.15 bits per heavy atom. The zero-order chi connectivity index (χ0) is 24.3. The summed E-state index contributed by atoms with van der Waals surface area (Å²) in [5.74, 6) is 0.926. The van der Waals surface area contributed by atoms with E-state index in [4.69, 9.17) is 4.74 Å². The van der Waals surface area contributed by atoms with Crippen LogP contribution in [0.4, 0.5) is 15.0 Å². The van der Waals surface area contributed by atoms with Crippen molar-refractivity contribution in [2.45, 2.75) is 47.5 Å². The predicted molar refractivity (Wildman–Crippen MR) is 134 cm³/mol. The predicted octanol–water partition coefficient (Wildman–Crippen LogP) is 3.77. The topological polar surface area (TPSA) is 76.4 Å². The quantitative estimate of drug-likeness (QED) is 0.398. The summed E-state index contributed by atoms with van der Waals surface area (Å²) in [5, 5.41) is 9.88. The molecule has 0 N–H and O–H groups in total. The molecule has 0 aliphatic carbocycles. The number of hydrogen-bond acceptors (Lipinski definition) is 7. The van der Waals surface area contributed by atoms with Crippen LogP contribution in [0.25, 0.3) is 11.0 Å². The standard InChI is InChI=1S/C21H24FN6O2.3CH3.Sn/c1-2-5-18(22)30-21(29)28-15-16(17-6-3-8-23-20(17)28)14-26-10-12-27(13-11-26)19-7-4-9-24-25-19;;;;/h3-4,6-8,15,18H,2,5,10-14H2,1H3;3*1H3;. The van der Waals surface area contributed by atoms with Crippen LogP contribution < -0.4 is 8.61 Å². The van der Waals surface area contributed by atoms with E-state index in [0.717, 1.165) is 42.9 Å². The second kappa shape index (κ2) is 10.6. The summed E-state index contributed by atoms with van der Waals surface area (Å²) in [6.45, 7) is 5.96. The molecule has 1 fully saturated rings. The molecule has 0 aromatic carbocycles. The number of carbonyl (C=O) groups excluding carboxylic acids is 1. The van der Waals surface area contributed by atoms with E-state index in [1.54, 1.807) is 12.4 Å². The zero-order valence-electron chi connectivity index (χ0n) is 20.4. The second-order valence-corrected chi connectivity index (χ2v) is 24.1. The fraction of sp³-hybridized carbons (Fsp3) is 0.500. The Kier molecular flexibility index (Phi) is 7.71. The molecule has 1 aliphatic heterocycles. The molecular weight excluding hydrogens is 542 g/mol. The van der Waals surface area contributed by atoms with Gasteiger partial charge in [-0.3, -0.25) is 0 Å². The maximum atomic E-state index is 13.9. The number of carbonyl (C=O) groups is 1. The monoisotopic (exact) mass is 576 g/mol. The van der Waals surface area contributed by atoms with E-state index in [0.29, 0.717) is 18.6 Å². The molecule has 10 heteroatoms. The molecule has 0 saturated carbocycles. The Morgan fingerprint density at radius 2 is 1.91 bits per heavy atom. The number of rotatable bonds is 7. The Morgan fingerprint density at radius 3 is 2.56 bits per heavy atom. The molecule has 4 heterocycles. The van der Waals surface area contributed by atoms with Gasteiger partial charge in [0.2, 0.25) is 6.36 Å². The van der Waals surface area contributed by atoms with Crippen molar-refractivity contribution in [1.82, 2.24) is 24.6 Å². The van der Waals surface area contributed by atoms with Crippen molar-refractivity contribution in [2.75, 3.05) is 31.1 Å². The Labute approximate surface area is 204 Å². The number of nitrogens with zero attached hydrogens (tertiary/aromatic N) is 6. The average molecular weight is 575 g/mol. The van der Waals surface area contributed by atoms with Gasteiger partial charge in [0, 0.05) is 12.6 Å². The van der Waals surface area contributed by atoms with Gasteiger partial charge in [0.1, 0.15) is 0 Å². The Hall–Kier alpha value is -2.27. The number of aromatic nitrogens is 4. The summed E-state index contributed by atoms with van der Waals surface area (Å²) in [4.78, 5) is 28.5.